The third-order valence-corrected chi connectivity index (χ3v) is 3.16. The maximum Gasteiger partial charge on any atom is 0.332 e. The van der Waals surface area contributed by atoms with E-state index in [-0.39, 0.29) is 5.97 Å². The molecule has 0 radical (unpaired) electrons. The van der Waals surface area contributed by atoms with E-state index in [0.29, 0.717) is 13.4 Å². The molecule has 2 rings (SSSR count). The van der Waals surface area contributed by atoms with Crippen LogP contribution in [0.5, 0.6) is 11.5 Å². The van der Waals surface area contributed by atoms with Crippen molar-refractivity contribution in [2.45, 2.75) is 26.7 Å². The van der Waals surface area contributed by atoms with E-state index < -0.39 is 0 Å². The van der Waals surface area contributed by atoms with Crippen molar-refractivity contribution in [3.8, 4) is 11.5 Å². The lowest BCUT2D eigenvalue weighted by Gasteiger charge is -2.09. The van der Waals surface area contributed by atoms with Gasteiger partial charge in [-0.05, 0) is 37.5 Å². The molecule has 1 aromatic rings. The fourth-order valence-corrected chi connectivity index (χ4v) is 2.07. The summed E-state index contributed by atoms with van der Waals surface area (Å²) in [6, 6.07) is 5.94. The van der Waals surface area contributed by atoms with Crippen LogP contribution in [0.4, 0.5) is 0 Å². The molecule has 0 saturated carbocycles. The normalized spacial score (nSPS) is 13.1. The lowest BCUT2D eigenvalue weighted by Crippen LogP contribution is -2.18. The van der Waals surface area contributed by atoms with Crippen LogP contribution in [0, 0.1) is 0 Å². The second-order valence-corrected chi connectivity index (χ2v) is 4.64. The predicted molar refractivity (Wildman–Crippen MR) is 79.3 cm³/mol. The summed E-state index contributed by atoms with van der Waals surface area (Å²) in [5.74, 6) is 1.29. The summed E-state index contributed by atoms with van der Waals surface area (Å²) >= 11 is 0. The third kappa shape index (κ3) is 4.41. The van der Waals surface area contributed by atoms with Gasteiger partial charge in [0.1, 0.15) is 0 Å². The molecule has 1 heterocycles. The largest absolute Gasteiger partial charge is 0.463 e. The Morgan fingerprint density at radius 1 is 1.33 bits per heavy atom. The van der Waals surface area contributed by atoms with E-state index in [0.717, 1.165) is 36.6 Å². The summed E-state index contributed by atoms with van der Waals surface area (Å²) in [5, 5.41) is 3.26. The molecule has 114 valence electrons. The first kappa shape index (κ1) is 15.2. The van der Waals surface area contributed by atoms with Crippen LogP contribution in [0.15, 0.2) is 30.0 Å². The molecule has 1 aromatic carbocycles. The van der Waals surface area contributed by atoms with Gasteiger partial charge in [-0.3, -0.25) is 0 Å². The van der Waals surface area contributed by atoms with Gasteiger partial charge in [-0.15, -0.1) is 0 Å². The lowest BCUT2D eigenvalue weighted by atomic mass is 10.1. The van der Waals surface area contributed by atoms with Crippen LogP contribution in [0.2, 0.25) is 0 Å². The average Bonchev–Trinajstić information content (AvgIpc) is 2.94. The average molecular weight is 291 g/mol. The Morgan fingerprint density at radius 2 is 2.14 bits per heavy atom. The minimum atomic E-state index is -0.301. The van der Waals surface area contributed by atoms with E-state index in [9.17, 15) is 4.79 Å². The van der Waals surface area contributed by atoms with Crippen LogP contribution in [0.1, 0.15) is 25.8 Å². The van der Waals surface area contributed by atoms with Crippen molar-refractivity contribution in [3.63, 3.8) is 0 Å². The number of fused-ring (bicyclic) bond motifs is 1. The zero-order valence-corrected chi connectivity index (χ0v) is 12.5. The Labute approximate surface area is 124 Å². The number of carbonyl (C=O) groups is 1. The number of ether oxygens (including phenoxy) is 3. The van der Waals surface area contributed by atoms with Crippen molar-refractivity contribution in [2.75, 3.05) is 19.9 Å². The number of allylic oxidation sites excluding steroid dienone is 1. The molecule has 0 fully saturated rings. The second-order valence-electron chi connectivity index (χ2n) is 4.64. The first-order valence-electron chi connectivity index (χ1n) is 7.22. The Kier molecular flexibility index (Phi) is 5.49. The first-order valence-corrected chi connectivity index (χ1v) is 7.22. The molecular formula is C16H21NO4. The van der Waals surface area contributed by atoms with Crippen LogP contribution < -0.4 is 14.8 Å². The van der Waals surface area contributed by atoms with Crippen LogP contribution in [0.3, 0.4) is 0 Å². The van der Waals surface area contributed by atoms with Gasteiger partial charge < -0.3 is 19.5 Å². The molecule has 0 saturated heterocycles. The zero-order valence-electron chi connectivity index (χ0n) is 12.5. The molecule has 0 amide bonds. The molecule has 0 bridgehead atoms. The van der Waals surface area contributed by atoms with E-state index in [1.807, 2.05) is 25.1 Å². The molecule has 5 nitrogen and oxygen atoms in total. The van der Waals surface area contributed by atoms with Crippen LogP contribution in [-0.2, 0) is 16.0 Å². The molecule has 21 heavy (non-hydrogen) atoms. The van der Waals surface area contributed by atoms with Crippen molar-refractivity contribution in [2.24, 2.45) is 0 Å². The number of hydrogen-bond donors (Lipinski definition) is 1. The van der Waals surface area contributed by atoms with Gasteiger partial charge in [0.2, 0.25) is 6.79 Å². The SMILES string of the molecule is CCOC(=O)C=C(CC)NCCc1ccc2c(c1)OCO2. The molecule has 5 heteroatoms. The zero-order chi connectivity index (χ0) is 15.1. The van der Waals surface area contributed by atoms with Crippen molar-refractivity contribution >= 4 is 5.97 Å². The third-order valence-electron chi connectivity index (χ3n) is 3.16. The highest BCUT2D eigenvalue weighted by Crippen LogP contribution is 2.32. The monoisotopic (exact) mass is 291 g/mol. The maximum atomic E-state index is 11.4. The maximum absolute atomic E-state index is 11.4. The van der Waals surface area contributed by atoms with Crippen molar-refractivity contribution in [3.05, 3.63) is 35.5 Å². The number of hydrogen-bond acceptors (Lipinski definition) is 5. The standard InChI is InChI=1S/C16H21NO4/c1-3-13(10-16(18)19-4-2)17-8-7-12-5-6-14-15(9-12)21-11-20-14/h5-6,9-10,17H,3-4,7-8,11H2,1-2H3. The number of carbonyl (C=O) groups excluding carboxylic acids is 1. The molecule has 0 aromatic heterocycles. The molecule has 1 N–H and O–H groups in total. The van der Waals surface area contributed by atoms with E-state index >= 15 is 0 Å². The van der Waals surface area contributed by atoms with Gasteiger partial charge in [0, 0.05) is 18.3 Å². The molecule has 0 unspecified atom stereocenters. The highest BCUT2D eigenvalue weighted by Gasteiger charge is 2.12. The van der Waals surface area contributed by atoms with Crippen LogP contribution in [0.25, 0.3) is 0 Å². The number of rotatable bonds is 7. The fraction of sp³-hybridized carbons (Fsp3) is 0.438. The summed E-state index contributed by atoms with van der Waals surface area (Å²) in [6.45, 7) is 5.23. The van der Waals surface area contributed by atoms with Crippen LogP contribution in [-0.4, -0.2) is 25.9 Å². The van der Waals surface area contributed by atoms with Gasteiger partial charge >= 0.3 is 5.97 Å². The van der Waals surface area contributed by atoms with Gasteiger partial charge in [-0.25, -0.2) is 4.79 Å². The molecular weight excluding hydrogens is 270 g/mol. The summed E-state index contributed by atoms with van der Waals surface area (Å²) < 4.78 is 15.5. The highest BCUT2D eigenvalue weighted by atomic mass is 16.7. The van der Waals surface area contributed by atoms with Crippen molar-refractivity contribution < 1.29 is 19.0 Å². The minimum Gasteiger partial charge on any atom is -0.463 e. The first-order chi connectivity index (χ1) is 10.2. The smallest absolute Gasteiger partial charge is 0.332 e. The predicted octanol–water partition coefficient (Wildman–Crippen LogP) is 2.40. The number of esters is 1. The Balaban J connectivity index is 1.84. The van der Waals surface area contributed by atoms with Gasteiger partial charge in [-0.1, -0.05) is 13.0 Å². The molecule has 1 aliphatic rings. The van der Waals surface area contributed by atoms with Gasteiger partial charge in [0.15, 0.2) is 11.5 Å². The summed E-state index contributed by atoms with van der Waals surface area (Å²) in [7, 11) is 0. The second kappa shape index (κ2) is 7.57. The fourth-order valence-electron chi connectivity index (χ4n) is 2.07. The molecule has 1 aliphatic heterocycles. The highest BCUT2D eigenvalue weighted by molar-refractivity contribution is 5.82. The van der Waals surface area contributed by atoms with E-state index in [1.54, 1.807) is 6.92 Å². The van der Waals surface area contributed by atoms with Crippen LogP contribution >= 0.6 is 0 Å². The number of benzene rings is 1. The Hall–Kier alpha value is -2.17. The van der Waals surface area contributed by atoms with Crippen molar-refractivity contribution in [1.29, 1.82) is 0 Å². The van der Waals surface area contributed by atoms with E-state index in [4.69, 9.17) is 14.2 Å². The van der Waals surface area contributed by atoms with Gasteiger partial charge in [-0.2, -0.15) is 0 Å². The quantitative estimate of drug-likeness (QED) is 0.617. The van der Waals surface area contributed by atoms with Crippen molar-refractivity contribution in [1.82, 2.24) is 5.32 Å². The molecule has 0 atom stereocenters. The number of nitrogens with one attached hydrogen (secondary N) is 1. The Morgan fingerprint density at radius 3 is 2.90 bits per heavy atom. The summed E-state index contributed by atoms with van der Waals surface area (Å²) in [6.07, 6.45) is 3.12. The van der Waals surface area contributed by atoms with E-state index in [1.165, 1.54) is 11.6 Å². The topological polar surface area (TPSA) is 56.8 Å². The Bertz CT molecular complexity index is 525. The minimum absolute atomic E-state index is 0.291. The summed E-state index contributed by atoms with van der Waals surface area (Å²) in [5.41, 5.74) is 2.05. The van der Waals surface area contributed by atoms with Gasteiger partial charge in [0.05, 0.1) is 6.61 Å². The molecule has 0 spiro atoms. The lowest BCUT2D eigenvalue weighted by molar-refractivity contribution is -0.137. The summed E-state index contributed by atoms with van der Waals surface area (Å²) in [4.78, 5) is 11.4. The molecule has 0 aliphatic carbocycles. The van der Waals surface area contributed by atoms with E-state index in [2.05, 4.69) is 5.32 Å². The van der Waals surface area contributed by atoms with Gasteiger partial charge in [0.25, 0.3) is 0 Å².